The van der Waals surface area contributed by atoms with Crippen LogP contribution < -0.4 is 4.74 Å². The van der Waals surface area contributed by atoms with Crippen LogP contribution in [0, 0.1) is 0 Å². The average Bonchev–Trinajstić information content (AvgIpc) is 3.41. The molecule has 3 aliphatic heterocycles. The van der Waals surface area contributed by atoms with Gasteiger partial charge in [-0.1, -0.05) is 11.3 Å². The van der Waals surface area contributed by atoms with Crippen LogP contribution in [0.1, 0.15) is 39.2 Å². The Morgan fingerprint density at radius 2 is 2.06 bits per heavy atom. The summed E-state index contributed by atoms with van der Waals surface area (Å²) in [5, 5.41) is 1.64. The SMILES string of the molecule is CC(C)(C)OC(=O)N1CC2CCC1CN2Cc1coc2cc(Oc3nc4ncccc4s3)ccc12. The summed E-state index contributed by atoms with van der Waals surface area (Å²) < 4.78 is 18.5. The monoisotopic (exact) mass is 492 g/mol. The smallest absolute Gasteiger partial charge is 0.410 e. The number of fused-ring (bicyclic) bond motifs is 5. The van der Waals surface area contributed by atoms with Gasteiger partial charge in [0.25, 0.3) is 5.19 Å². The summed E-state index contributed by atoms with van der Waals surface area (Å²) in [4.78, 5) is 25.8. The van der Waals surface area contributed by atoms with Crippen LogP contribution >= 0.6 is 11.3 Å². The molecule has 4 aromatic rings. The lowest BCUT2D eigenvalue weighted by atomic mass is 9.90. The van der Waals surface area contributed by atoms with E-state index < -0.39 is 5.60 Å². The molecule has 35 heavy (non-hydrogen) atoms. The Labute approximate surface area is 207 Å². The van der Waals surface area contributed by atoms with E-state index in [1.807, 2.05) is 62.3 Å². The van der Waals surface area contributed by atoms with Gasteiger partial charge < -0.3 is 18.8 Å². The van der Waals surface area contributed by atoms with E-state index in [0.29, 0.717) is 29.2 Å². The molecule has 3 fully saturated rings. The highest BCUT2D eigenvalue weighted by atomic mass is 32.1. The van der Waals surface area contributed by atoms with Crippen molar-refractivity contribution in [1.82, 2.24) is 19.8 Å². The minimum atomic E-state index is -0.477. The van der Waals surface area contributed by atoms with Crippen molar-refractivity contribution >= 4 is 38.7 Å². The van der Waals surface area contributed by atoms with Gasteiger partial charge in [-0.25, -0.2) is 9.78 Å². The first-order chi connectivity index (χ1) is 16.8. The number of ether oxygens (including phenoxy) is 2. The number of carbonyl (C=O) groups is 1. The predicted octanol–water partition coefficient (Wildman–Crippen LogP) is 5.81. The number of thiazole rings is 1. The minimum Gasteiger partial charge on any atom is -0.464 e. The van der Waals surface area contributed by atoms with Gasteiger partial charge in [0.1, 0.15) is 16.9 Å². The van der Waals surface area contributed by atoms with Crippen LogP contribution in [-0.2, 0) is 11.3 Å². The highest BCUT2D eigenvalue weighted by molar-refractivity contribution is 7.20. The van der Waals surface area contributed by atoms with E-state index in [1.54, 1.807) is 6.20 Å². The third-order valence-electron chi connectivity index (χ3n) is 6.62. The van der Waals surface area contributed by atoms with E-state index in [4.69, 9.17) is 13.9 Å². The van der Waals surface area contributed by atoms with Gasteiger partial charge in [-0.15, -0.1) is 0 Å². The molecular formula is C26H28N4O4S. The van der Waals surface area contributed by atoms with Crippen LogP contribution in [0.4, 0.5) is 4.79 Å². The molecule has 6 heterocycles. The number of hydrogen-bond acceptors (Lipinski definition) is 8. The summed E-state index contributed by atoms with van der Waals surface area (Å²) in [5.74, 6) is 0.683. The molecule has 182 valence electrons. The van der Waals surface area contributed by atoms with Gasteiger partial charge in [-0.05, 0) is 57.9 Å². The maximum Gasteiger partial charge on any atom is 0.410 e. The summed E-state index contributed by atoms with van der Waals surface area (Å²) in [5.41, 5.74) is 2.15. The van der Waals surface area contributed by atoms with Crippen LogP contribution in [0.2, 0.25) is 0 Å². The zero-order chi connectivity index (χ0) is 24.2. The standard InChI is InChI=1S/C26H28N4O4S/c1-26(2,3)34-25(31)30-14-17-6-7-18(30)13-29(17)12-16-15-32-21-11-19(8-9-20(16)21)33-24-28-23-22(35-24)5-4-10-27-23/h4-5,8-11,15,17-18H,6-7,12-14H2,1-3H3. The summed E-state index contributed by atoms with van der Waals surface area (Å²) in [6, 6.07) is 10.3. The molecule has 8 nitrogen and oxygen atoms in total. The first-order valence-electron chi connectivity index (χ1n) is 12.0. The molecule has 3 aliphatic rings. The van der Waals surface area contributed by atoms with Crippen molar-refractivity contribution in [2.24, 2.45) is 0 Å². The molecule has 7 rings (SSSR count). The first-order valence-corrected chi connectivity index (χ1v) is 12.8. The molecule has 3 saturated heterocycles. The first kappa shape index (κ1) is 22.3. The summed E-state index contributed by atoms with van der Waals surface area (Å²) in [6.45, 7) is 8.09. The Morgan fingerprint density at radius 3 is 2.83 bits per heavy atom. The summed E-state index contributed by atoms with van der Waals surface area (Å²) in [7, 11) is 0. The quantitative estimate of drug-likeness (QED) is 0.355. The molecule has 9 heteroatoms. The Hall–Kier alpha value is -3.17. The van der Waals surface area contributed by atoms with E-state index in [-0.39, 0.29) is 12.1 Å². The highest BCUT2D eigenvalue weighted by Crippen LogP contribution is 2.35. The topological polar surface area (TPSA) is 80.9 Å². The third-order valence-corrected chi connectivity index (χ3v) is 7.51. The highest BCUT2D eigenvalue weighted by Gasteiger charge is 2.42. The largest absolute Gasteiger partial charge is 0.464 e. The number of rotatable bonds is 4. The molecule has 2 atom stereocenters. The zero-order valence-electron chi connectivity index (χ0n) is 20.1. The van der Waals surface area contributed by atoms with Crippen molar-refractivity contribution in [3.8, 4) is 10.9 Å². The summed E-state index contributed by atoms with van der Waals surface area (Å²) in [6.07, 6.45) is 5.48. The summed E-state index contributed by atoms with van der Waals surface area (Å²) >= 11 is 1.47. The number of piperazine rings is 1. The second-order valence-electron chi connectivity index (χ2n) is 10.3. The molecule has 0 spiro atoms. The Kier molecular flexibility index (Phi) is 5.41. The van der Waals surface area contributed by atoms with Crippen molar-refractivity contribution in [2.75, 3.05) is 13.1 Å². The molecule has 0 radical (unpaired) electrons. The minimum absolute atomic E-state index is 0.191. The van der Waals surface area contributed by atoms with Crippen LogP contribution in [-0.4, -0.2) is 56.6 Å². The van der Waals surface area contributed by atoms with Crippen LogP contribution in [0.15, 0.2) is 47.2 Å². The van der Waals surface area contributed by atoms with Gasteiger partial charge >= 0.3 is 6.09 Å². The number of hydrogen-bond donors (Lipinski definition) is 0. The van der Waals surface area contributed by atoms with Crippen molar-refractivity contribution in [1.29, 1.82) is 0 Å². The fourth-order valence-electron chi connectivity index (χ4n) is 5.02. The van der Waals surface area contributed by atoms with Crippen LogP contribution in [0.5, 0.6) is 10.9 Å². The fourth-order valence-corrected chi connectivity index (χ4v) is 5.81. The number of furan rings is 1. The second kappa shape index (κ2) is 8.49. The van der Waals surface area contributed by atoms with E-state index in [9.17, 15) is 4.79 Å². The van der Waals surface area contributed by atoms with Crippen LogP contribution in [0.25, 0.3) is 21.3 Å². The molecule has 0 saturated carbocycles. The van der Waals surface area contributed by atoms with Crippen molar-refractivity contribution in [3.05, 3.63) is 48.4 Å². The molecule has 0 aliphatic carbocycles. The lowest BCUT2D eigenvalue weighted by molar-refractivity contribution is -0.0435. The molecule has 2 unspecified atom stereocenters. The Balaban J connectivity index is 1.15. The van der Waals surface area contributed by atoms with Gasteiger partial charge in [0.2, 0.25) is 0 Å². The third kappa shape index (κ3) is 4.46. The number of benzene rings is 1. The van der Waals surface area contributed by atoms with E-state index in [0.717, 1.165) is 47.2 Å². The fraction of sp³-hybridized carbons (Fsp3) is 0.423. The van der Waals surface area contributed by atoms with Crippen molar-refractivity contribution in [3.63, 3.8) is 0 Å². The van der Waals surface area contributed by atoms with Crippen molar-refractivity contribution in [2.45, 2.75) is 57.8 Å². The predicted molar refractivity (Wildman–Crippen MR) is 134 cm³/mol. The Bertz CT molecular complexity index is 1360. The number of nitrogens with zero attached hydrogens (tertiary/aromatic N) is 4. The van der Waals surface area contributed by atoms with E-state index >= 15 is 0 Å². The lowest BCUT2D eigenvalue weighted by Gasteiger charge is -2.51. The molecule has 3 aromatic heterocycles. The number of amides is 1. The van der Waals surface area contributed by atoms with Gasteiger partial charge in [-0.3, -0.25) is 4.90 Å². The molecular weight excluding hydrogens is 464 g/mol. The number of aromatic nitrogens is 2. The van der Waals surface area contributed by atoms with Gasteiger partial charge in [0.05, 0.1) is 11.0 Å². The molecule has 2 bridgehead atoms. The number of carbonyl (C=O) groups excluding carboxylic acids is 1. The van der Waals surface area contributed by atoms with Crippen molar-refractivity contribution < 1.29 is 18.7 Å². The Morgan fingerprint density at radius 1 is 1.20 bits per heavy atom. The van der Waals surface area contributed by atoms with Gasteiger partial charge in [0.15, 0.2) is 5.65 Å². The van der Waals surface area contributed by atoms with E-state index in [2.05, 4.69) is 14.9 Å². The average molecular weight is 493 g/mol. The lowest BCUT2D eigenvalue weighted by Crippen LogP contribution is -2.63. The molecule has 1 amide bonds. The zero-order valence-corrected chi connectivity index (χ0v) is 20.9. The molecule has 1 aromatic carbocycles. The van der Waals surface area contributed by atoms with Gasteiger partial charge in [-0.2, -0.15) is 4.98 Å². The molecule has 0 N–H and O–H groups in total. The maximum atomic E-state index is 12.7. The normalized spacial score (nSPS) is 20.6. The van der Waals surface area contributed by atoms with E-state index in [1.165, 1.54) is 11.3 Å². The van der Waals surface area contributed by atoms with Gasteiger partial charge in [0, 0.05) is 54.9 Å². The number of pyridine rings is 1. The second-order valence-corrected chi connectivity index (χ2v) is 11.3. The van der Waals surface area contributed by atoms with Crippen LogP contribution in [0.3, 0.4) is 0 Å². The number of piperidine rings is 2. The maximum absolute atomic E-state index is 12.7.